The molecule has 38 heavy (non-hydrogen) atoms. The Morgan fingerprint density at radius 3 is 2.18 bits per heavy atom. The predicted octanol–water partition coefficient (Wildman–Crippen LogP) is 6.14. The molecule has 8 heteroatoms. The van der Waals surface area contributed by atoms with Gasteiger partial charge in [-0.3, -0.25) is 0 Å². The molecular weight excluding hydrogens is 498 g/mol. The molecule has 4 aromatic rings. The van der Waals surface area contributed by atoms with Gasteiger partial charge in [-0.25, -0.2) is 4.98 Å². The number of rotatable bonds is 13. The van der Waals surface area contributed by atoms with E-state index in [1.807, 2.05) is 60.8 Å². The highest BCUT2D eigenvalue weighted by molar-refractivity contribution is 7.13. The maximum absolute atomic E-state index is 9.30. The van der Waals surface area contributed by atoms with E-state index in [4.69, 9.17) is 23.9 Å². The summed E-state index contributed by atoms with van der Waals surface area (Å²) in [7, 11) is 3.35. The normalized spacial score (nSPS) is 10.6. The molecule has 4 rings (SSSR count). The van der Waals surface area contributed by atoms with E-state index in [-0.39, 0.29) is 0 Å². The number of aromatic nitrogens is 1. The Morgan fingerprint density at radius 2 is 1.55 bits per heavy atom. The Labute approximate surface area is 227 Å². The van der Waals surface area contributed by atoms with E-state index in [1.54, 1.807) is 31.6 Å². The number of thiazole rings is 1. The lowest BCUT2D eigenvalue weighted by Gasteiger charge is -2.22. The maximum Gasteiger partial charge on any atom is 0.186 e. The zero-order valence-electron chi connectivity index (χ0n) is 21.8. The summed E-state index contributed by atoms with van der Waals surface area (Å²) in [6.45, 7) is 4.40. The van der Waals surface area contributed by atoms with Crippen LogP contribution in [-0.4, -0.2) is 32.4 Å². The van der Waals surface area contributed by atoms with Crippen molar-refractivity contribution >= 4 is 16.5 Å². The molecule has 196 valence electrons. The first-order valence-electron chi connectivity index (χ1n) is 12.2. The lowest BCUT2D eigenvalue weighted by Crippen LogP contribution is -2.22. The average molecular weight is 530 g/mol. The predicted molar refractivity (Wildman–Crippen MR) is 149 cm³/mol. The molecule has 1 heterocycles. The van der Waals surface area contributed by atoms with E-state index in [9.17, 15) is 5.26 Å². The van der Waals surface area contributed by atoms with Crippen LogP contribution in [0.25, 0.3) is 0 Å². The van der Waals surface area contributed by atoms with Gasteiger partial charge in [-0.2, -0.15) is 5.26 Å². The summed E-state index contributed by atoms with van der Waals surface area (Å²) in [5.41, 5.74) is 4.58. The molecule has 0 saturated carbocycles. The molecule has 3 aromatic carbocycles. The highest BCUT2D eigenvalue weighted by Gasteiger charge is 2.14. The lowest BCUT2D eigenvalue weighted by atomic mass is 10.1. The monoisotopic (exact) mass is 529 g/mol. The first-order chi connectivity index (χ1) is 18.6. The number of ether oxygens (including phenoxy) is 4. The van der Waals surface area contributed by atoms with Crippen LogP contribution < -0.4 is 19.1 Å². The van der Waals surface area contributed by atoms with Crippen LogP contribution in [0.4, 0.5) is 5.13 Å². The van der Waals surface area contributed by atoms with Gasteiger partial charge in [0.05, 0.1) is 38.7 Å². The molecule has 0 aliphatic carbocycles. The molecule has 0 aliphatic rings. The van der Waals surface area contributed by atoms with Crippen molar-refractivity contribution in [2.45, 2.75) is 26.6 Å². The first-order valence-corrected chi connectivity index (χ1v) is 13.1. The number of nitriles is 1. The summed E-state index contributed by atoms with van der Waals surface area (Å²) < 4.78 is 22.5. The zero-order valence-corrected chi connectivity index (χ0v) is 22.7. The van der Waals surface area contributed by atoms with Crippen molar-refractivity contribution in [1.82, 2.24) is 4.98 Å². The van der Waals surface area contributed by atoms with Crippen molar-refractivity contribution < 1.29 is 18.9 Å². The highest BCUT2D eigenvalue weighted by atomic mass is 32.1. The van der Waals surface area contributed by atoms with Gasteiger partial charge in [0.1, 0.15) is 29.9 Å². The number of anilines is 1. The van der Waals surface area contributed by atoms with Gasteiger partial charge in [-0.1, -0.05) is 36.4 Å². The molecular formula is C30H31N3O4S. The second-order valence-electron chi connectivity index (χ2n) is 8.64. The molecule has 1 aromatic heterocycles. The Kier molecular flexibility index (Phi) is 9.57. The van der Waals surface area contributed by atoms with Crippen molar-refractivity contribution in [2.24, 2.45) is 0 Å². The Bertz CT molecular complexity index is 1330. The summed E-state index contributed by atoms with van der Waals surface area (Å²) in [6, 6.07) is 23.8. The fourth-order valence-electron chi connectivity index (χ4n) is 3.99. The van der Waals surface area contributed by atoms with Crippen molar-refractivity contribution in [3.8, 4) is 23.3 Å². The number of aryl methyl sites for hydroxylation is 1. The minimum Gasteiger partial charge on any atom is -0.497 e. The molecule has 0 N–H and O–H groups in total. The van der Waals surface area contributed by atoms with Crippen LogP contribution in [0.5, 0.6) is 17.2 Å². The van der Waals surface area contributed by atoms with E-state index in [0.717, 1.165) is 39.0 Å². The fourth-order valence-corrected chi connectivity index (χ4v) is 4.80. The van der Waals surface area contributed by atoms with Crippen molar-refractivity contribution in [1.29, 1.82) is 5.26 Å². The van der Waals surface area contributed by atoms with Crippen LogP contribution in [0.3, 0.4) is 0 Å². The van der Waals surface area contributed by atoms with Gasteiger partial charge in [-0.05, 0) is 53.9 Å². The summed E-state index contributed by atoms with van der Waals surface area (Å²) >= 11 is 1.59. The van der Waals surface area contributed by atoms with Gasteiger partial charge in [0.2, 0.25) is 0 Å². The Morgan fingerprint density at radius 1 is 0.895 bits per heavy atom. The second-order valence-corrected chi connectivity index (χ2v) is 9.48. The second kappa shape index (κ2) is 13.5. The van der Waals surface area contributed by atoms with Gasteiger partial charge in [0.25, 0.3) is 0 Å². The maximum atomic E-state index is 9.30. The topological polar surface area (TPSA) is 76.8 Å². The van der Waals surface area contributed by atoms with Crippen molar-refractivity contribution in [3.63, 3.8) is 0 Å². The van der Waals surface area contributed by atoms with Gasteiger partial charge in [-0.15, -0.1) is 11.3 Å². The van der Waals surface area contributed by atoms with Crippen molar-refractivity contribution in [2.75, 3.05) is 32.3 Å². The summed E-state index contributed by atoms with van der Waals surface area (Å²) in [4.78, 5) is 7.10. The van der Waals surface area contributed by atoms with Gasteiger partial charge in [0, 0.05) is 18.5 Å². The van der Waals surface area contributed by atoms with E-state index in [0.29, 0.717) is 44.2 Å². The molecule has 0 aliphatic heterocycles. The lowest BCUT2D eigenvalue weighted by molar-refractivity contribution is 0.0870. The average Bonchev–Trinajstić information content (AvgIpc) is 3.42. The minimum atomic E-state index is 0.355. The zero-order chi connectivity index (χ0) is 26.7. The van der Waals surface area contributed by atoms with Crippen LogP contribution in [0, 0.1) is 18.3 Å². The van der Waals surface area contributed by atoms with Crippen LogP contribution in [0.1, 0.15) is 27.9 Å². The quantitative estimate of drug-likeness (QED) is 0.193. The van der Waals surface area contributed by atoms with E-state index in [2.05, 4.69) is 23.1 Å². The van der Waals surface area contributed by atoms with E-state index in [1.165, 1.54) is 0 Å². The number of hydrogen-bond acceptors (Lipinski definition) is 8. The molecule has 7 nitrogen and oxygen atoms in total. The molecule has 0 saturated heterocycles. The number of benzene rings is 3. The molecule has 0 amide bonds. The fraction of sp³-hybridized carbons (Fsp3) is 0.267. The Balaban J connectivity index is 1.40. The van der Waals surface area contributed by atoms with Gasteiger partial charge >= 0.3 is 0 Å². The summed E-state index contributed by atoms with van der Waals surface area (Å²) in [6.07, 6.45) is 0. The van der Waals surface area contributed by atoms with Crippen LogP contribution >= 0.6 is 11.3 Å². The third-order valence-electron chi connectivity index (χ3n) is 5.88. The van der Waals surface area contributed by atoms with Crippen LogP contribution in [0.15, 0.2) is 72.1 Å². The summed E-state index contributed by atoms with van der Waals surface area (Å²) in [5.74, 6) is 2.26. The van der Waals surface area contributed by atoms with Crippen molar-refractivity contribution in [3.05, 3.63) is 100 Å². The third kappa shape index (κ3) is 7.25. The molecule has 0 bridgehead atoms. The van der Waals surface area contributed by atoms with E-state index < -0.39 is 0 Å². The number of nitrogens with zero attached hydrogens (tertiary/aromatic N) is 3. The number of methoxy groups -OCH3 is 2. The van der Waals surface area contributed by atoms with Gasteiger partial charge < -0.3 is 23.8 Å². The van der Waals surface area contributed by atoms with E-state index >= 15 is 0 Å². The highest BCUT2D eigenvalue weighted by Crippen LogP contribution is 2.27. The molecule has 0 atom stereocenters. The van der Waals surface area contributed by atoms with Crippen LogP contribution in [0.2, 0.25) is 0 Å². The largest absolute Gasteiger partial charge is 0.497 e. The molecule has 0 fully saturated rings. The summed E-state index contributed by atoms with van der Waals surface area (Å²) in [5, 5.41) is 12.2. The third-order valence-corrected chi connectivity index (χ3v) is 6.83. The minimum absolute atomic E-state index is 0.355. The standard InChI is InChI=1S/C30H31N3O4S/c1-22-7-4-10-25(17-31)29(22)37-14-13-36-20-26-21-38-30(32-26)33(18-23-8-5-11-27(15-23)34-2)19-24-9-6-12-28(16-24)35-3/h4-12,15-16,21H,13-14,18-20H2,1-3H3. The van der Waals surface area contributed by atoms with Crippen LogP contribution in [-0.2, 0) is 24.4 Å². The number of hydrogen-bond donors (Lipinski definition) is 0. The molecule has 0 spiro atoms. The molecule has 0 unspecified atom stereocenters. The molecule has 0 radical (unpaired) electrons. The first kappa shape index (κ1) is 27.0. The smallest absolute Gasteiger partial charge is 0.186 e. The number of para-hydroxylation sites is 1. The SMILES string of the molecule is COc1cccc(CN(Cc2cccc(OC)c2)c2nc(COCCOc3c(C)cccc3C#N)cs2)c1. The Hall–Kier alpha value is -4.06. The van der Waals surface area contributed by atoms with Gasteiger partial charge in [0.15, 0.2) is 5.13 Å².